The van der Waals surface area contributed by atoms with Gasteiger partial charge < -0.3 is 9.15 Å². The van der Waals surface area contributed by atoms with E-state index in [-0.39, 0.29) is 5.88 Å². The van der Waals surface area contributed by atoms with E-state index in [1.54, 1.807) is 0 Å². The molecule has 0 bridgehead atoms. The van der Waals surface area contributed by atoms with Crippen LogP contribution in [-0.2, 0) is 10.6 Å². The van der Waals surface area contributed by atoms with Crippen molar-refractivity contribution in [2.24, 2.45) is 0 Å². The Morgan fingerprint density at radius 1 is 1.31 bits per heavy atom. The fraction of sp³-hybridized carbons (Fsp3) is 0.750. The smallest absolute Gasteiger partial charge is 0.231 e. The first-order chi connectivity index (χ1) is 6.40. The zero-order valence-corrected chi connectivity index (χ0v) is 7.96. The maximum Gasteiger partial charge on any atom is 0.231 e. The van der Waals surface area contributed by atoms with Gasteiger partial charge in [0.05, 0.1) is 0 Å². The van der Waals surface area contributed by atoms with Crippen molar-refractivity contribution in [2.45, 2.75) is 24.6 Å². The van der Waals surface area contributed by atoms with E-state index in [0.717, 1.165) is 26.1 Å². The van der Waals surface area contributed by atoms with E-state index in [1.165, 1.54) is 0 Å². The molecule has 1 aromatic rings. The normalized spacial score (nSPS) is 19.2. The SMILES string of the molecule is ClCc1nnc(C2CCOCC2)o1. The lowest BCUT2D eigenvalue weighted by atomic mass is 10.0. The monoisotopic (exact) mass is 202 g/mol. The second kappa shape index (κ2) is 4.07. The molecule has 2 rings (SSSR count). The van der Waals surface area contributed by atoms with Gasteiger partial charge in [-0.1, -0.05) is 0 Å². The van der Waals surface area contributed by atoms with Crippen LogP contribution in [0.4, 0.5) is 0 Å². The Kier molecular flexibility index (Phi) is 2.80. The van der Waals surface area contributed by atoms with Crippen LogP contribution in [0.1, 0.15) is 30.5 Å². The van der Waals surface area contributed by atoms with Crippen molar-refractivity contribution in [3.63, 3.8) is 0 Å². The largest absolute Gasteiger partial charge is 0.424 e. The fourth-order valence-corrected chi connectivity index (χ4v) is 1.54. The van der Waals surface area contributed by atoms with E-state index in [9.17, 15) is 0 Å². The molecule has 0 aromatic carbocycles. The van der Waals surface area contributed by atoms with Crippen LogP contribution in [0.3, 0.4) is 0 Å². The molecule has 0 spiro atoms. The molecule has 0 unspecified atom stereocenters. The van der Waals surface area contributed by atoms with E-state index >= 15 is 0 Å². The van der Waals surface area contributed by atoms with Gasteiger partial charge in [-0.05, 0) is 12.8 Å². The topological polar surface area (TPSA) is 48.2 Å². The minimum Gasteiger partial charge on any atom is -0.424 e. The van der Waals surface area contributed by atoms with Crippen molar-refractivity contribution in [3.05, 3.63) is 11.8 Å². The number of hydrogen-bond donors (Lipinski definition) is 0. The molecule has 0 saturated carbocycles. The fourth-order valence-electron chi connectivity index (χ4n) is 1.43. The Morgan fingerprint density at radius 3 is 2.69 bits per heavy atom. The van der Waals surface area contributed by atoms with Crippen molar-refractivity contribution in [1.82, 2.24) is 10.2 Å². The Bertz CT molecular complexity index is 271. The zero-order chi connectivity index (χ0) is 9.10. The third-order valence-electron chi connectivity index (χ3n) is 2.17. The number of ether oxygens (including phenoxy) is 1. The van der Waals surface area contributed by atoms with Gasteiger partial charge in [-0.25, -0.2) is 0 Å². The first kappa shape index (κ1) is 8.97. The highest BCUT2D eigenvalue weighted by molar-refractivity contribution is 6.16. The molecule has 13 heavy (non-hydrogen) atoms. The Balaban J connectivity index is 2.05. The minimum absolute atomic E-state index is 0.288. The van der Waals surface area contributed by atoms with Crippen molar-refractivity contribution in [2.75, 3.05) is 13.2 Å². The van der Waals surface area contributed by atoms with Crippen LogP contribution in [0.5, 0.6) is 0 Å². The molecule has 0 amide bonds. The van der Waals surface area contributed by atoms with Gasteiger partial charge in [0.15, 0.2) is 0 Å². The number of nitrogens with zero attached hydrogens (tertiary/aromatic N) is 2. The van der Waals surface area contributed by atoms with Crippen LogP contribution < -0.4 is 0 Å². The van der Waals surface area contributed by atoms with Crippen LogP contribution in [0.25, 0.3) is 0 Å². The molecule has 1 aliphatic heterocycles. The summed E-state index contributed by atoms with van der Waals surface area (Å²) in [5.74, 6) is 1.86. The first-order valence-corrected chi connectivity index (χ1v) is 4.89. The van der Waals surface area contributed by atoms with Gasteiger partial charge in [-0.2, -0.15) is 0 Å². The first-order valence-electron chi connectivity index (χ1n) is 4.36. The maximum atomic E-state index is 5.56. The summed E-state index contributed by atoms with van der Waals surface area (Å²) in [6.07, 6.45) is 1.92. The Hall–Kier alpha value is -0.610. The molecule has 0 radical (unpaired) electrons. The molecular formula is C8H11ClN2O2. The van der Waals surface area contributed by atoms with Crippen molar-refractivity contribution < 1.29 is 9.15 Å². The van der Waals surface area contributed by atoms with E-state index in [4.69, 9.17) is 20.8 Å². The summed E-state index contributed by atoms with van der Waals surface area (Å²) in [6, 6.07) is 0. The average Bonchev–Trinajstić information content (AvgIpc) is 2.67. The van der Waals surface area contributed by atoms with Crippen molar-refractivity contribution >= 4 is 11.6 Å². The summed E-state index contributed by atoms with van der Waals surface area (Å²) < 4.78 is 10.6. The average molecular weight is 203 g/mol. The van der Waals surface area contributed by atoms with Gasteiger partial charge in [-0.3, -0.25) is 0 Å². The van der Waals surface area contributed by atoms with E-state index in [0.29, 0.717) is 17.7 Å². The molecule has 72 valence electrons. The molecule has 0 atom stereocenters. The standard InChI is InChI=1S/C8H11ClN2O2/c9-5-7-10-11-8(13-7)6-1-3-12-4-2-6/h6H,1-5H2. The number of halogens is 1. The zero-order valence-electron chi connectivity index (χ0n) is 7.20. The van der Waals surface area contributed by atoms with Gasteiger partial charge in [0.25, 0.3) is 0 Å². The molecule has 0 N–H and O–H groups in total. The Labute approximate surface area is 81.2 Å². The lowest BCUT2D eigenvalue weighted by molar-refractivity contribution is 0.0792. The molecule has 2 heterocycles. The molecular weight excluding hydrogens is 192 g/mol. The van der Waals surface area contributed by atoms with Crippen LogP contribution >= 0.6 is 11.6 Å². The third-order valence-corrected chi connectivity index (χ3v) is 2.40. The predicted molar refractivity (Wildman–Crippen MR) is 46.6 cm³/mol. The van der Waals surface area contributed by atoms with Gasteiger partial charge in [-0.15, -0.1) is 21.8 Å². The molecule has 1 saturated heterocycles. The maximum absolute atomic E-state index is 5.56. The highest BCUT2D eigenvalue weighted by Gasteiger charge is 2.21. The second-order valence-corrected chi connectivity index (χ2v) is 3.32. The van der Waals surface area contributed by atoms with Crippen LogP contribution in [0.15, 0.2) is 4.42 Å². The van der Waals surface area contributed by atoms with E-state index in [1.807, 2.05) is 0 Å². The quantitative estimate of drug-likeness (QED) is 0.685. The number of alkyl halides is 1. The van der Waals surface area contributed by atoms with Crippen LogP contribution in [-0.4, -0.2) is 23.4 Å². The van der Waals surface area contributed by atoms with Crippen molar-refractivity contribution in [3.8, 4) is 0 Å². The second-order valence-electron chi connectivity index (χ2n) is 3.05. The summed E-state index contributed by atoms with van der Waals surface area (Å²) >= 11 is 5.56. The third kappa shape index (κ3) is 2.00. The van der Waals surface area contributed by atoms with E-state index in [2.05, 4.69) is 10.2 Å². The molecule has 0 aliphatic carbocycles. The van der Waals surface area contributed by atoms with Crippen molar-refractivity contribution in [1.29, 1.82) is 0 Å². The molecule has 1 fully saturated rings. The Morgan fingerprint density at radius 2 is 2.08 bits per heavy atom. The lowest BCUT2D eigenvalue weighted by Gasteiger charge is -2.18. The van der Waals surface area contributed by atoms with Gasteiger partial charge in [0, 0.05) is 19.1 Å². The van der Waals surface area contributed by atoms with Gasteiger partial charge >= 0.3 is 0 Å². The van der Waals surface area contributed by atoms with Crippen LogP contribution in [0, 0.1) is 0 Å². The predicted octanol–water partition coefficient (Wildman–Crippen LogP) is 1.70. The summed E-state index contributed by atoms with van der Waals surface area (Å²) in [5.41, 5.74) is 0. The van der Waals surface area contributed by atoms with Gasteiger partial charge in [0.2, 0.25) is 11.8 Å². The number of aromatic nitrogens is 2. The molecule has 1 aliphatic rings. The highest BCUT2D eigenvalue weighted by Crippen LogP contribution is 2.25. The van der Waals surface area contributed by atoms with E-state index < -0.39 is 0 Å². The molecule has 1 aromatic heterocycles. The van der Waals surface area contributed by atoms with Crippen LogP contribution in [0.2, 0.25) is 0 Å². The summed E-state index contributed by atoms with van der Waals surface area (Å²) in [6.45, 7) is 1.56. The summed E-state index contributed by atoms with van der Waals surface area (Å²) in [4.78, 5) is 0. The lowest BCUT2D eigenvalue weighted by Crippen LogP contribution is -2.14. The summed E-state index contributed by atoms with van der Waals surface area (Å²) in [5, 5.41) is 7.77. The minimum atomic E-state index is 0.288. The molecule has 4 nitrogen and oxygen atoms in total. The van der Waals surface area contributed by atoms with Gasteiger partial charge in [0.1, 0.15) is 5.88 Å². The molecule has 5 heteroatoms. The highest BCUT2D eigenvalue weighted by atomic mass is 35.5. The number of hydrogen-bond acceptors (Lipinski definition) is 4. The summed E-state index contributed by atoms with van der Waals surface area (Å²) in [7, 11) is 0. The number of rotatable bonds is 2.